The molecule has 0 saturated carbocycles. The van der Waals surface area contributed by atoms with Gasteiger partial charge in [-0.1, -0.05) is 227 Å². The second-order valence-corrected chi connectivity index (χ2v) is 29.8. The van der Waals surface area contributed by atoms with Crippen molar-refractivity contribution in [1.82, 2.24) is 0 Å². The van der Waals surface area contributed by atoms with Crippen LogP contribution in [0.1, 0.15) is 244 Å². The van der Waals surface area contributed by atoms with E-state index in [1.165, 1.54) is 122 Å². The van der Waals surface area contributed by atoms with Crippen molar-refractivity contribution in [3.63, 3.8) is 0 Å². The van der Waals surface area contributed by atoms with E-state index in [0.717, 1.165) is 78.8 Å². The predicted molar refractivity (Wildman–Crippen MR) is 384 cm³/mol. The van der Waals surface area contributed by atoms with Gasteiger partial charge in [-0.2, -0.15) is 23.5 Å². The van der Waals surface area contributed by atoms with Crippen LogP contribution in [0.5, 0.6) is 0 Å². The van der Waals surface area contributed by atoms with Crippen LogP contribution in [0.4, 0.5) is 0 Å². The van der Waals surface area contributed by atoms with Gasteiger partial charge in [-0.25, -0.2) is 0 Å². The van der Waals surface area contributed by atoms with E-state index in [1.54, 1.807) is 54.9 Å². The number of allylic oxidation sites excluding steroid dienone is 22. The van der Waals surface area contributed by atoms with Crippen molar-refractivity contribution >= 4 is 106 Å². The molecule has 4 atom stereocenters. The van der Waals surface area contributed by atoms with E-state index in [4.69, 9.17) is 0 Å². The molecule has 0 bridgehead atoms. The minimum atomic E-state index is 0. The Bertz CT molecular complexity index is 1800. The van der Waals surface area contributed by atoms with Crippen molar-refractivity contribution in [3.05, 3.63) is 157 Å². The van der Waals surface area contributed by atoms with Crippen molar-refractivity contribution in [2.75, 3.05) is 0 Å². The van der Waals surface area contributed by atoms with E-state index in [9.17, 15) is 0 Å². The zero-order valence-electron chi connectivity index (χ0n) is 53.1. The molecule has 440 valence electrons. The largest absolute Gasteiger partial charge is 1.00 e. The summed E-state index contributed by atoms with van der Waals surface area (Å²) in [5.41, 5.74) is 0. The maximum Gasteiger partial charge on any atom is 1.00 e. The first kappa shape index (κ1) is 82.8. The summed E-state index contributed by atoms with van der Waals surface area (Å²) in [6, 6.07) is 0. The molecule has 2 fully saturated rings. The van der Waals surface area contributed by atoms with Gasteiger partial charge in [0.1, 0.15) is 0 Å². The molecule has 80 heavy (non-hydrogen) atoms. The third-order valence-corrected chi connectivity index (χ3v) is 23.3. The summed E-state index contributed by atoms with van der Waals surface area (Å²) in [6.45, 7) is 26.5. The summed E-state index contributed by atoms with van der Waals surface area (Å²) < 4.78 is 0. The van der Waals surface area contributed by atoms with Crippen LogP contribution in [0.2, 0.25) is 0 Å². The fourth-order valence-corrected chi connectivity index (χ4v) is 17.2. The van der Waals surface area contributed by atoms with Gasteiger partial charge in [-0.05, 0) is 179 Å². The second kappa shape index (κ2) is 60.0. The van der Waals surface area contributed by atoms with E-state index in [2.05, 4.69) is 213 Å². The van der Waals surface area contributed by atoms with Gasteiger partial charge in [0.15, 0.2) is 0 Å². The topological polar surface area (TPSA) is 0 Å². The SMILES string of the molecule is C1=CSC=CC1.CCC.CCC.CCC1=CCC=C(CC)S1.CCC1=CCC=C(CC2=CCC=C(CC)S2)S1.CCC1=CCC=CS1.CCC1=CCC=[C-]S1.CCC1CCCC(CC2CCCC(CC)S2)S1.[C-]1=CCC=CS1.[Li+].[Li+]. The van der Waals surface area contributed by atoms with Gasteiger partial charge >= 0.3 is 37.7 Å². The van der Waals surface area contributed by atoms with Crippen LogP contribution in [-0.2, 0) is 0 Å². The number of hydrogen-bond donors (Lipinski definition) is 0. The Morgan fingerprint density at radius 2 is 0.775 bits per heavy atom. The van der Waals surface area contributed by atoms with Gasteiger partial charge in [-0.3, -0.25) is 12.2 Å². The van der Waals surface area contributed by atoms with Crippen LogP contribution in [0.15, 0.2) is 146 Å². The molecule has 0 aromatic rings. The molecular weight excluding hydrogens is 1130 g/mol. The van der Waals surface area contributed by atoms with E-state index in [-0.39, 0.29) is 37.7 Å². The first-order chi connectivity index (χ1) is 38.2. The molecule has 0 nitrogen and oxygen atoms in total. The number of rotatable bonds is 12. The van der Waals surface area contributed by atoms with Crippen LogP contribution >= 0.6 is 106 Å². The average molecular weight is 1240 g/mol. The normalized spacial score (nSPS) is 21.9. The van der Waals surface area contributed by atoms with Crippen molar-refractivity contribution in [2.45, 2.75) is 265 Å². The predicted octanol–water partition coefficient (Wildman–Crippen LogP) is 21.8. The zero-order valence-corrected chi connectivity index (χ0v) is 60.4. The van der Waals surface area contributed by atoms with Gasteiger partial charge in [0, 0.05) is 27.4 Å². The van der Waals surface area contributed by atoms with Crippen LogP contribution in [0.3, 0.4) is 0 Å². The fourth-order valence-electron chi connectivity index (χ4n) is 8.11. The van der Waals surface area contributed by atoms with E-state index >= 15 is 0 Å². The Labute approximate surface area is 559 Å². The summed E-state index contributed by atoms with van der Waals surface area (Å²) in [7, 11) is 0. The van der Waals surface area contributed by atoms with Crippen LogP contribution in [0, 0.1) is 10.8 Å². The third-order valence-electron chi connectivity index (χ3n) is 12.3. The van der Waals surface area contributed by atoms with Gasteiger partial charge in [0.25, 0.3) is 0 Å². The van der Waals surface area contributed by atoms with Crippen molar-refractivity contribution < 1.29 is 37.7 Å². The van der Waals surface area contributed by atoms with Crippen molar-refractivity contribution in [1.29, 1.82) is 0 Å². The first-order valence-corrected chi connectivity index (χ1v) is 38.3. The first-order valence-electron chi connectivity index (χ1n) is 30.4. The molecule has 9 rings (SSSR count). The molecule has 9 aliphatic heterocycles. The quantitative estimate of drug-likeness (QED) is 0.137. The summed E-state index contributed by atoms with van der Waals surface area (Å²) >= 11 is 17.5. The van der Waals surface area contributed by atoms with E-state index in [1.807, 2.05) is 58.5 Å². The average Bonchev–Trinajstić information content (AvgIpc) is 3.52. The second-order valence-electron chi connectivity index (χ2n) is 19.3. The molecule has 0 N–H and O–H groups in total. The molecular formula is C69H108Li2S9. The Morgan fingerprint density at radius 1 is 0.388 bits per heavy atom. The molecule has 9 heterocycles. The molecule has 0 aromatic heterocycles. The standard InChI is InChI=1S/C15H28S2.C15H20S2.C9H14S.C7H10S.C7H9S.C5H6S.C5H5S.2C3H8.2Li/c2*1-3-12-7-5-9-14(16-12)11-15-10-6-8-13(4-2)17-15;1-3-8-6-5-7-9(4-2)10-8;2*1-2-7-5-3-4-6-8-7;2*1-2-4-6-5-3-1;2*1-3-2;;/h12-15H,3-11H2,1-2H3;7-10H,3-6,11H2,1-2H3;6-7H,3-5H2,1-2H3;4-6H,2-3H2,1H3;4-5H,2-3H2,1H3;2-5H,1H2;2-4H,1H2;2*3H2,1-2H3;;/q;;;;-1;;-1;;;2*+1. The minimum Gasteiger partial charge on any atom is -0.432 e. The Hall–Kier alpha value is 0.705. The maximum absolute atomic E-state index is 3.11. The Kier molecular flexibility index (Phi) is 62.1. The molecule has 0 amide bonds. The molecule has 2 saturated heterocycles. The third kappa shape index (κ3) is 45.1. The van der Waals surface area contributed by atoms with Crippen molar-refractivity contribution in [2.24, 2.45) is 0 Å². The smallest absolute Gasteiger partial charge is 0.432 e. The number of hydrogen-bond acceptors (Lipinski definition) is 9. The minimum absolute atomic E-state index is 0. The monoisotopic (exact) mass is 1240 g/mol. The zero-order chi connectivity index (χ0) is 57.1. The maximum atomic E-state index is 3.11. The summed E-state index contributed by atoms with van der Waals surface area (Å²) in [5.74, 6) is 0. The molecule has 0 spiro atoms. The molecule has 9 aliphatic rings. The molecule has 4 unspecified atom stereocenters. The summed E-state index contributed by atoms with van der Waals surface area (Å²) in [5, 5.41) is 18.4. The van der Waals surface area contributed by atoms with Gasteiger partial charge in [-0.15, -0.1) is 23.5 Å². The Morgan fingerprint density at radius 3 is 1.06 bits per heavy atom. The molecule has 0 aromatic carbocycles. The summed E-state index contributed by atoms with van der Waals surface area (Å²) in [4.78, 5) is 12.2. The van der Waals surface area contributed by atoms with Crippen LogP contribution < -0.4 is 37.7 Å². The Balaban J connectivity index is 0. The fraction of sp³-hybridized carbons (Fsp3) is 0.594. The van der Waals surface area contributed by atoms with Gasteiger partial charge in [0.2, 0.25) is 0 Å². The summed E-state index contributed by atoms with van der Waals surface area (Å²) in [6.07, 6.45) is 63.1. The molecule has 11 heteroatoms. The van der Waals surface area contributed by atoms with Crippen molar-refractivity contribution in [3.8, 4) is 0 Å². The van der Waals surface area contributed by atoms with Crippen LogP contribution in [0.25, 0.3) is 0 Å². The molecule has 0 radical (unpaired) electrons. The van der Waals surface area contributed by atoms with E-state index in [0.29, 0.717) is 0 Å². The van der Waals surface area contributed by atoms with Gasteiger partial charge in [0.05, 0.1) is 0 Å². The van der Waals surface area contributed by atoms with Gasteiger partial charge < -0.3 is 34.3 Å². The van der Waals surface area contributed by atoms with Crippen LogP contribution in [-0.4, -0.2) is 21.0 Å². The molecule has 0 aliphatic carbocycles. The van der Waals surface area contributed by atoms with E-state index < -0.39 is 0 Å². The number of thioether (sulfide) groups is 9.